The highest BCUT2D eigenvalue weighted by Gasteiger charge is 2.01. The summed E-state index contributed by atoms with van der Waals surface area (Å²) < 4.78 is 9.54. The highest BCUT2D eigenvalue weighted by atomic mass is 35.5. The Morgan fingerprint density at radius 1 is 0.667 bits per heavy atom. The third-order valence-corrected chi connectivity index (χ3v) is 8.55. The second-order valence-corrected chi connectivity index (χ2v) is 10.5. The summed E-state index contributed by atoms with van der Waals surface area (Å²) in [5, 5.41) is 0.906. The zero-order valence-corrected chi connectivity index (χ0v) is 18.8. The van der Waals surface area contributed by atoms with E-state index >= 15 is 0 Å². The minimum absolute atomic E-state index is 0.453. The quantitative estimate of drug-likeness (QED) is 0.303. The number of halogens is 2. The summed E-state index contributed by atoms with van der Waals surface area (Å²) in [5.74, 6) is 0. The molecule has 0 unspecified atom stereocenters. The Balaban J connectivity index is 1.48. The molecule has 136 valence electrons. The van der Waals surface area contributed by atoms with E-state index in [1.807, 2.05) is 48.5 Å². The van der Waals surface area contributed by atoms with E-state index in [2.05, 4.69) is 18.7 Å². The van der Waals surface area contributed by atoms with Gasteiger partial charge in [0.2, 0.25) is 0 Å². The van der Waals surface area contributed by atoms with Gasteiger partial charge in [-0.2, -0.15) is 8.75 Å². The fraction of sp³-hybridized carbons (Fsp3) is 0. The van der Waals surface area contributed by atoms with E-state index < -0.39 is 0 Å². The molecule has 0 saturated carbocycles. The Labute approximate surface area is 183 Å². The Morgan fingerprint density at radius 2 is 1.07 bits per heavy atom. The molecule has 2 heterocycles. The lowest BCUT2D eigenvalue weighted by atomic mass is 10.3. The maximum atomic E-state index is 5.99. The Bertz CT molecular complexity index is 1080. The topological polar surface area (TPSA) is 50.5 Å². The number of aromatic nitrogens is 2. The first-order chi connectivity index (χ1) is 13.2. The molecule has 0 aliphatic carbocycles. The number of nitrogens with zero attached hydrogens (tertiary/aromatic N) is 4. The Kier molecular flexibility index (Phi) is 6.39. The summed E-state index contributed by atoms with van der Waals surface area (Å²) in [4.78, 5) is 11.3. The average molecular weight is 488 g/mol. The normalized spacial score (nSPS) is 12.7. The smallest absolute Gasteiger partial charge is 0.179 e. The van der Waals surface area contributed by atoms with E-state index in [1.165, 1.54) is 41.8 Å². The molecule has 0 aliphatic heterocycles. The lowest BCUT2D eigenvalue weighted by molar-refractivity contribution is 1.33. The van der Waals surface area contributed by atoms with Crippen LogP contribution in [-0.2, 0) is 0 Å². The fourth-order valence-corrected chi connectivity index (χ4v) is 6.80. The minimum atomic E-state index is 0.453. The van der Waals surface area contributed by atoms with E-state index in [0.717, 1.165) is 30.5 Å². The first-order valence-electron chi connectivity index (χ1n) is 7.38. The van der Waals surface area contributed by atoms with Crippen molar-refractivity contribution in [3.63, 3.8) is 0 Å². The molecule has 0 atom stereocenters. The first-order valence-corrected chi connectivity index (χ1v) is 13.2. The molecule has 0 amide bonds. The lowest BCUT2D eigenvalue weighted by Gasteiger charge is -2.02. The molecule has 0 spiro atoms. The zero-order valence-electron chi connectivity index (χ0n) is 13.2. The van der Waals surface area contributed by atoms with Crippen LogP contribution in [0.2, 0.25) is 10.3 Å². The van der Waals surface area contributed by atoms with E-state index in [9.17, 15) is 0 Å². The molecule has 4 aromatic rings. The van der Waals surface area contributed by atoms with Crippen LogP contribution in [0.15, 0.2) is 68.3 Å². The van der Waals surface area contributed by atoms with Crippen LogP contribution in [0, 0.1) is 0 Å². The predicted octanol–water partition coefficient (Wildman–Crippen LogP) is 6.65. The fourth-order valence-electron chi connectivity index (χ4n) is 2.00. The molecule has 4 nitrogen and oxygen atoms in total. The predicted molar refractivity (Wildman–Crippen MR) is 117 cm³/mol. The van der Waals surface area contributed by atoms with Gasteiger partial charge in [0.25, 0.3) is 0 Å². The average Bonchev–Trinajstić information content (AvgIpc) is 3.27. The third kappa shape index (κ3) is 5.05. The van der Waals surface area contributed by atoms with E-state index in [0.29, 0.717) is 10.3 Å². The number of benzene rings is 2. The van der Waals surface area contributed by atoms with Crippen molar-refractivity contribution in [2.45, 2.75) is 9.79 Å². The molecule has 4 rings (SSSR count). The molecule has 0 bridgehead atoms. The van der Waals surface area contributed by atoms with Crippen molar-refractivity contribution in [3.8, 4) is 0 Å². The maximum absolute atomic E-state index is 5.99. The van der Waals surface area contributed by atoms with Crippen molar-refractivity contribution in [2.24, 2.45) is 9.98 Å². The van der Waals surface area contributed by atoms with Gasteiger partial charge in [-0.25, -0.2) is 9.98 Å². The van der Waals surface area contributed by atoms with Gasteiger partial charge in [0.05, 0.1) is 11.4 Å². The van der Waals surface area contributed by atoms with Gasteiger partial charge in [-0.15, -0.1) is 0 Å². The van der Waals surface area contributed by atoms with E-state index in [4.69, 9.17) is 23.2 Å². The van der Waals surface area contributed by atoms with Crippen LogP contribution in [0.4, 0.5) is 11.4 Å². The summed E-state index contributed by atoms with van der Waals surface area (Å²) in [6, 6.07) is 16.0. The highest BCUT2D eigenvalue weighted by Crippen LogP contribution is 2.30. The van der Waals surface area contributed by atoms with E-state index in [1.54, 1.807) is 11.8 Å². The van der Waals surface area contributed by atoms with Gasteiger partial charge in [-0.1, -0.05) is 35.0 Å². The largest absolute Gasteiger partial charge is 0.234 e. The minimum Gasteiger partial charge on any atom is -0.234 e. The van der Waals surface area contributed by atoms with Gasteiger partial charge >= 0.3 is 0 Å². The van der Waals surface area contributed by atoms with Gasteiger partial charge in [0, 0.05) is 30.9 Å². The van der Waals surface area contributed by atoms with Crippen LogP contribution in [0.1, 0.15) is 0 Å². The van der Waals surface area contributed by atoms with Gasteiger partial charge in [-0.3, -0.25) is 0 Å². The van der Waals surface area contributed by atoms with Gasteiger partial charge in [-0.05, 0) is 69.2 Å². The molecular formula is C16H8Cl2N4S5. The van der Waals surface area contributed by atoms with Crippen LogP contribution in [0.25, 0.3) is 0 Å². The molecule has 0 N–H and O–H groups in total. The molecule has 2 aromatic heterocycles. The molecule has 11 heteroatoms. The monoisotopic (exact) mass is 486 g/mol. The molecule has 0 radical (unpaired) electrons. The third-order valence-electron chi connectivity index (χ3n) is 3.19. The van der Waals surface area contributed by atoms with Crippen LogP contribution in [-0.4, -0.2) is 8.75 Å². The van der Waals surface area contributed by atoms with Crippen molar-refractivity contribution in [2.75, 3.05) is 0 Å². The van der Waals surface area contributed by atoms with E-state index in [-0.39, 0.29) is 0 Å². The number of rotatable bonds is 4. The SMILES string of the molecule is Clc1nssc1=Nc1ccc(Sc2ccc(N=c3ssnc3Cl)cc2)cc1. The van der Waals surface area contributed by atoms with Crippen LogP contribution >= 0.6 is 76.7 Å². The van der Waals surface area contributed by atoms with Crippen LogP contribution < -0.4 is 9.34 Å². The summed E-state index contributed by atoms with van der Waals surface area (Å²) in [6.07, 6.45) is 0. The van der Waals surface area contributed by atoms with Crippen molar-refractivity contribution < 1.29 is 0 Å². The molecule has 0 fully saturated rings. The van der Waals surface area contributed by atoms with Crippen molar-refractivity contribution in [3.05, 3.63) is 68.2 Å². The van der Waals surface area contributed by atoms with Gasteiger partial charge in [0.15, 0.2) is 19.6 Å². The Hall–Kier alpha value is -1.07. The molecular weight excluding hydrogens is 479 g/mol. The second kappa shape index (κ2) is 8.95. The highest BCUT2D eigenvalue weighted by molar-refractivity contribution is 7.99. The molecule has 0 aliphatic rings. The zero-order chi connectivity index (χ0) is 18.6. The summed E-state index contributed by atoms with van der Waals surface area (Å²) in [7, 11) is 5.60. The maximum Gasteiger partial charge on any atom is 0.179 e. The summed E-state index contributed by atoms with van der Waals surface area (Å²) >= 11 is 13.7. The first kappa shape index (κ1) is 19.3. The van der Waals surface area contributed by atoms with Gasteiger partial charge < -0.3 is 0 Å². The Morgan fingerprint density at radius 3 is 1.41 bits per heavy atom. The second-order valence-electron chi connectivity index (χ2n) is 5.00. The standard InChI is InChI=1S/C16H8Cl2N4S5/c17-13-15(24-26-21-13)19-9-1-5-11(6-2-9)23-12-7-3-10(4-8-12)20-16-14(18)22-27-25-16/h1-8H. The van der Waals surface area contributed by atoms with Crippen molar-refractivity contribution in [1.82, 2.24) is 8.75 Å². The van der Waals surface area contributed by atoms with Crippen molar-refractivity contribution in [1.29, 1.82) is 0 Å². The number of hydrogen-bond donors (Lipinski definition) is 0. The van der Waals surface area contributed by atoms with Gasteiger partial charge in [0.1, 0.15) is 0 Å². The number of hydrogen-bond acceptors (Lipinski definition) is 9. The van der Waals surface area contributed by atoms with Crippen LogP contribution in [0.5, 0.6) is 0 Å². The summed E-state index contributed by atoms with van der Waals surface area (Å²) in [6.45, 7) is 0. The lowest BCUT2D eigenvalue weighted by Crippen LogP contribution is -1.92. The van der Waals surface area contributed by atoms with Crippen LogP contribution in [0.3, 0.4) is 0 Å². The molecule has 27 heavy (non-hydrogen) atoms. The van der Waals surface area contributed by atoms with Crippen molar-refractivity contribution >= 4 is 88.1 Å². The summed E-state index contributed by atoms with van der Waals surface area (Å²) in [5.41, 5.74) is 1.71. The molecule has 0 saturated heterocycles. The molecule has 2 aromatic carbocycles.